The maximum Gasteiger partial charge on any atom is 0.159 e. The Labute approximate surface area is 515 Å². The average Bonchev–Trinajstić information content (AvgIpc) is 0.695. The molecule has 0 atom stereocenters. The van der Waals surface area contributed by atoms with Gasteiger partial charge in [0.15, 0.2) is 11.6 Å². The van der Waals surface area contributed by atoms with Crippen LogP contribution in [0.1, 0.15) is 44.5 Å². The highest BCUT2D eigenvalue weighted by molar-refractivity contribution is 6.37. The van der Waals surface area contributed by atoms with Gasteiger partial charge in [-0.25, -0.2) is 19.9 Å². The Balaban J connectivity index is 1.29. The fourth-order valence-electron chi connectivity index (χ4n) is 12.3. The zero-order valence-electron chi connectivity index (χ0n) is 50.8. The third kappa shape index (κ3) is 10.2. The van der Waals surface area contributed by atoms with Gasteiger partial charge in [0, 0.05) is 114 Å². The van der Waals surface area contributed by atoms with E-state index in [1.807, 2.05) is 36.9 Å². The molecule has 2 aromatic heterocycles. The molecule has 14 aromatic rings. The summed E-state index contributed by atoms with van der Waals surface area (Å²) in [5, 5.41) is 5.99. The number of nitrogens with zero attached hydrogens (tertiary/aromatic N) is 8. The average molecular weight is 1140 g/mol. The van der Waals surface area contributed by atoms with Crippen molar-refractivity contribution in [1.82, 2.24) is 19.9 Å². The van der Waals surface area contributed by atoms with Gasteiger partial charge < -0.3 is 19.6 Å². The van der Waals surface area contributed by atoms with Crippen LogP contribution in [0, 0.1) is 55.4 Å². The predicted molar refractivity (Wildman–Crippen MR) is 369 cm³/mol. The molecule has 0 aliphatic heterocycles. The second kappa shape index (κ2) is 22.8. The van der Waals surface area contributed by atoms with Gasteiger partial charge in [0.25, 0.3) is 0 Å². The van der Waals surface area contributed by atoms with Crippen LogP contribution in [-0.2, 0) is 0 Å². The molecule has 88 heavy (non-hydrogen) atoms. The number of benzene rings is 12. The first kappa shape index (κ1) is 54.9. The third-order valence-corrected chi connectivity index (χ3v) is 16.9. The Morgan fingerprint density at radius 2 is 0.409 bits per heavy atom. The van der Waals surface area contributed by atoms with E-state index in [9.17, 15) is 0 Å². The van der Waals surface area contributed by atoms with E-state index >= 15 is 0 Å². The number of aryl methyl sites for hydroxylation is 8. The minimum absolute atomic E-state index is 0.599. The van der Waals surface area contributed by atoms with Gasteiger partial charge in [0.1, 0.15) is 0 Å². The molecular formula is C80H66N8. The van der Waals surface area contributed by atoms with Crippen molar-refractivity contribution in [2.45, 2.75) is 55.4 Å². The van der Waals surface area contributed by atoms with Crippen molar-refractivity contribution < 1.29 is 0 Å². The van der Waals surface area contributed by atoms with Crippen molar-refractivity contribution in [2.75, 3.05) is 19.6 Å². The van der Waals surface area contributed by atoms with E-state index < -0.39 is 0 Å². The SMILES string of the molecule is Cc1ccc(N(c2ccc(C)cc2)c2cc(N(c3ccc(C)cc3)c3ccc(C)cc3)c3c(-c4ncccn4)cc4c(N(c5ccc(C)cc5)c5ccc(C)cc5)cc(N(c5ccc(C)cc5)c5ccc(C)cc5)c5c(-c6ncccn6)cc2c3c45)cc1. The zero-order chi connectivity index (χ0) is 60.2. The zero-order valence-corrected chi connectivity index (χ0v) is 50.8. The standard InChI is InChI=1S/C80H66N8/c1-51-11-27-59(28-12-51)85(60-29-13-52(2)14-30-60)71-49-73(87(63-35-19-55(5)20-36-63)64-37-21-56(6)22-38-64)75-70(80-83-45-10-46-84-80)48-68-72(86(61-31-15-53(3)16-32-61)62-33-17-54(4)18-34-62)50-74(76-69(79-81-43-9-44-82-79)47-67(71)77(75)78(68)76)88(65-39-23-57(7)24-40-65)66-41-25-58(8)26-42-66/h9-50H,1-8H3. The Morgan fingerprint density at radius 1 is 0.216 bits per heavy atom. The Hall–Kier alpha value is -11.0. The first-order chi connectivity index (χ1) is 42.9. The van der Waals surface area contributed by atoms with Crippen molar-refractivity contribution in [3.05, 3.63) is 300 Å². The lowest BCUT2D eigenvalue weighted by atomic mass is 9.84. The summed E-state index contributed by atoms with van der Waals surface area (Å²) in [7, 11) is 0. The van der Waals surface area contributed by atoms with E-state index in [1.54, 1.807) is 0 Å². The first-order valence-corrected chi connectivity index (χ1v) is 30.1. The Morgan fingerprint density at radius 3 is 0.614 bits per heavy atom. The number of aromatic nitrogens is 4. The minimum atomic E-state index is 0.599. The molecule has 0 N–H and O–H groups in total. The first-order valence-electron chi connectivity index (χ1n) is 30.1. The van der Waals surface area contributed by atoms with Gasteiger partial charge in [-0.05, 0) is 189 Å². The van der Waals surface area contributed by atoms with E-state index in [4.69, 9.17) is 19.9 Å². The highest BCUT2D eigenvalue weighted by Gasteiger charge is 2.33. The Kier molecular flexibility index (Phi) is 14.2. The van der Waals surface area contributed by atoms with Crippen LogP contribution in [0.3, 0.4) is 0 Å². The molecule has 0 aliphatic carbocycles. The summed E-state index contributed by atoms with van der Waals surface area (Å²) in [5.74, 6) is 1.20. The molecule has 0 bridgehead atoms. The van der Waals surface area contributed by atoms with E-state index in [1.165, 1.54) is 44.5 Å². The molecule has 8 nitrogen and oxygen atoms in total. The predicted octanol–water partition coefficient (Wildman–Crippen LogP) is 21.8. The molecular weight excluding hydrogens is 1070 g/mol. The number of hydrogen-bond acceptors (Lipinski definition) is 8. The van der Waals surface area contributed by atoms with Gasteiger partial charge in [-0.3, -0.25) is 0 Å². The van der Waals surface area contributed by atoms with E-state index in [2.05, 4.69) is 293 Å². The fourth-order valence-corrected chi connectivity index (χ4v) is 12.3. The molecule has 0 saturated heterocycles. The van der Waals surface area contributed by atoms with Crippen molar-refractivity contribution in [3.8, 4) is 22.8 Å². The summed E-state index contributed by atoms with van der Waals surface area (Å²) in [6, 6.07) is 84.6. The molecule has 0 radical (unpaired) electrons. The quantitative estimate of drug-likeness (QED) is 0.0998. The van der Waals surface area contributed by atoms with Crippen molar-refractivity contribution in [2.24, 2.45) is 0 Å². The normalized spacial score (nSPS) is 11.4. The summed E-state index contributed by atoms with van der Waals surface area (Å²) < 4.78 is 0. The lowest BCUT2D eigenvalue weighted by molar-refractivity contribution is 1.18. The lowest BCUT2D eigenvalue weighted by Gasteiger charge is -2.35. The largest absolute Gasteiger partial charge is 0.310 e. The maximum absolute atomic E-state index is 5.23. The highest BCUT2D eigenvalue weighted by atomic mass is 15.2. The van der Waals surface area contributed by atoms with Crippen LogP contribution in [0.15, 0.2) is 255 Å². The molecule has 0 aliphatic rings. The molecule has 0 unspecified atom stereocenters. The molecule has 0 spiro atoms. The number of hydrogen-bond donors (Lipinski definition) is 0. The summed E-state index contributed by atoms with van der Waals surface area (Å²) >= 11 is 0. The molecule has 8 heteroatoms. The fraction of sp³-hybridized carbons (Fsp3) is 0.100. The van der Waals surface area contributed by atoms with Gasteiger partial charge in [-0.15, -0.1) is 0 Å². The molecule has 2 heterocycles. The summed E-state index contributed by atoms with van der Waals surface area (Å²) in [4.78, 5) is 30.6. The third-order valence-electron chi connectivity index (χ3n) is 16.9. The van der Waals surface area contributed by atoms with Crippen LogP contribution < -0.4 is 19.6 Å². The van der Waals surface area contributed by atoms with Gasteiger partial charge in [0.2, 0.25) is 0 Å². The molecule has 426 valence electrons. The number of rotatable bonds is 14. The topological polar surface area (TPSA) is 64.5 Å². The number of anilines is 12. The molecule has 0 fully saturated rings. The summed E-state index contributed by atoms with van der Waals surface area (Å²) in [5.41, 5.74) is 23.0. The summed E-state index contributed by atoms with van der Waals surface area (Å²) in [6.45, 7) is 17.2. The molecule has 14 rings (SSSR count). The van der Waals surface area contributed by atoms with Crippen LogP contribution in [0.2, 0.25) is 0 Å². The van der Waals surface area contributed by atoms with Gasteiger partial charge in [-0.1, -0.05) is 142 Å². The van der Waals surface area contributed by atoms with Crippen LogP contribution in [-0.4, -0.2) is 19.9 Å². The van der Waals surface area contributed by atoms with E-state index in [0.29, 0.717) is 11.6 Å². The maximum atomic E-state index is 5.23. The van der Waals surface area contributed by atoms with Crippen LogP contribution in [0.25, 0.3) is 55.1 Å². The van der Waals surface area contributed by atoms with Crippen molar-refractivity contribution in [1.29, 1.82) is 0 Å². The second-order valence-corrected chi connectivity index (χ2v) is 23.4. The van der Waals surface area contributed by atoms with Crippen LogP contribution in [0.4, 0.5) is 68.2 Å². The monoisotopic (exact) mass is 1140 g/mol. The van der Waals surface area contributed by atoms with E-state index in [0.717, 1.165) is 112 Å². The van der Waals surface area contributed by atoms with Crippen molar-refractivity contribution >= 4 is 101 Å². The van der Waals surface area contributed by atoms with E-state index in [-0.39, 0.29) is 0 Å². The molecule has 0 amide bonds. The van der Waals surface area contributed by atoms with Gasteiger partial charge in [0.05, 0.1) is 22.7 Å². The van der Waals surface area contributed by atoms with Crippen LogP contribution in [0.5, 0.6) is 0 Å². The van der Waals surface area contributed by atoms with Crippen molar-refractivity contribution in [3.63, 3.8) is 0 Å². The Bertz CT molecular complexity index is 4310. The highest BCUT2D eigenvalue weighted by Crippen LogP contribution is 2.58. The summed E-state index contributed by atoms with van der Waals surface area (Å²) in [6.07, 6.45) is 7.44. The smallest absolute Gasteiger partial charge is 0.159 e. The minimum Gasteiger partial charge on any atom is -0.310 e. The van der Waals surface area contributed by atoms with Gasteiger partial charge in [-0.2, -0.15) is 0 Å². The van der Waals surface area contributed by atoms with Crippen LogP contribution >= 0.6 is 0 Å². The molecule has 0 saturated carbocycles. The second-order valence-electron chi connectivity index (χ2n) is 23.4. The van der Waals surface area contributed by atoms with Gasteiger partial charge >= 0.3 is 0 Å². The lowest BCUT2D eigenvalue weighted by Crippen LogP contribution is -2.17. The molecule has 12 aromatic carbocycles.